The van der Waals surface area contributed by atoms with Crippen LogP contribution < -0.4 is 4.74 Å². The van der Waals surface area contributed by atoms with Crippen molar-refractivity contribution >= 4 is 0 Å². The maximum absolute atomic E-state index is 9.82. The number of rotatable bonds is 4. The smallest absolute Gasteiger partial charge is 0.137 e. The Morgan fingerprint density at radius 1 is 1.43 bits per heavy atom. The van der Waals surface area contributed by atoms with Gasteiger partial charge in [-0.25, -0.2) is 0 Å². The van der Waals surface area contributed by atoms with Crippen LogP contribution in [-0.4, -0.2) is 17.2 Å². The molecule has 0 aliphatic rings. The maximum Gasteiger partial charge on any atom is 0.137 e. The Bertz CT molecular complexity index is 286. The van der Waals surface area contributed by atoms with E-state index < -0.39 is 6.10 Å². The monoisotopic (exact) mass is 195 g/mol. The van der Waals surface area contributed by atoms with Crippen LogP contribution >= 0.6 is 0 Å². The van der Waals surface area contributed by atoms with E-state index >= 15 is 0 Å². The summed E-state index contributed by atoms with van der Waals surface area (Å²) in [5.74, 6) is 1.15. The van der Waals surface area contributed by atoms with Gasteiger partial charge in [-0.1, -0.05) is 13.8 Å². The van der Waals surface area contributed by atoms with Crippen LogP contribution in [0.5, 0.6) is 5.75 Å². The van der Waals surface area contributed by atoms with E-state index in [2.05, 4.69) is 18.8 Å². The highest BCUT2D eigenvalue weighted by molar-refractivity contribution is 5.24. The second-order valence-electron chi connectivity index (χ2n) is 3.80. The van der Waals surface area contributed by atoms with E-state index in [4.69, 9.17) is 4.74 Å². The fourth-order valence-corrected chi connectivity index (χ4v) is 1.31. The summed E-state index contributed by atoms with van der Waals surface area (Å²) in [6.45, 7) is 4.16. The summed E-state index contributed by atoms with van der Waals surface area (Å²) in [6.07, 6.45) is 3.60. The van der Waals surface area contributed by atoms with Crippen molar-refractivity contribution in [3.8, 4) is 5.75 Å². The number of ether oxygens (including phenoxy) is 1. The van der Waals surface area contributed by atoms with E-state index in [0.29, 0.717) is 11.7 Å². The average Bonchev–Trinajstić information content (AvgIpc) is 2.17. The van der Waals surface area contributed by atoms with Crippen molar-refractivity contribution < 1.29 is 9.84 Å². The van der Waals surface area contributed by atoms with Crippen LogP contribution in [0.1, 0.15) is 31.9 Å². The third-order valence-corrected chi connectivity index (χ3v) is 2.05. The third-order valence-electron chi connectivity index (χ3n) is 2.05. The molecule has 0 amide bonds. The van der Waals surface area contributed by atoms with Gasteiger partial charge in [0, 0.05) is 11.8 Å². The molecule has 3 nitrogen and oxygen atoms in total. The number of methoxy groups -OCH3 is 1. The minimum atomic E-state index is -0.447. The molecule has 0 fully saturated rings. The Labute approximate surface area is 84.7 Å². The summed E-state index contributed by atoms with van der Waals surface area (Å²) >= 11 is 0. The van der Waals surface area contributed by atoms with E-state index in [1.54, 1.807) is 19.5 Å². The van der Waals surface area contributed by atoms with Crippen molar-refractivity contribution in [3.63, 3.8) is 0 Å². The molecule has 0 radical (unpaired) electrons. The van der Waals surface area contributed by atoms with Gasteiger partial charge in [0.25, 0.3) is 0 Å². The Hall–Kier alpha value is -1.09. The van der Waals surface area contributed by atoms with Crippen LogP contribution in [0, 0.1) is 5.92 Å². The molecule has 3 heteroatoms. The first-order chi connectivity index (χ1) is 6.63. The standard InChI is InChI=1S/C11H17NO2/c1-8(2)4-11(13)9-5-10(14-3)7-12-6-9/h5-8,11,13H,4H2,1-3H3. The highest BCUT2D eigenvalue weighted by Gasteiger charge is 2.10. The lowest BCUT2D eigenvalue weighted by atomic mass is 10.0. The molecule has 1 heterocycles. The summed E-state index contributed by atoms with van der Waals surface area (Å²) in [4.78, 5) is 4.00. The molecular weight excluding hydrogens is 178 g/mol. The van der Waals surface area contributed by atoms with Crippen molar-refractivity contribution in [2.45, 2.75) is 26.4 Å². The summed E-state index contributed by atoms with van der Waals surface area (Å²) in [7, 11) is 1.59. The van der Waals surface area contributed by atoms with Crippen LogP contribution in [0.3, 0.4) is 0 Å². The number of aliphatic hydroxyl groups excluding tert-OH is 1. The summed E-state index contributed by atoms with van der Waals surface area (Å²) in [6, 6.07) is 1.82. The van der Waals surface area contributed by atoms with Crippen molar-refractivity contribution in [3.05, 3.63) is 24.0 Å². The SMILES string of the molecule is COc1cncc(C(O)CC(C)C)c1. The minimum absolute atomic E-state index is 0.447. The van der Waals surface area contributed by atoms with Crippen LogP contribution in [0.4, 0.5) is 0 Å². The Balaban J connectivity index is 2.73. The number of pyridine rings is 1. The van der Waals surface area contributed by atoms with Crippen LogP contribution in [0.25, 0.3) is 0 Å². The quantitative estimate of drug-likeness (QED) is 0.800. The van der Waals surface area contributed by atoms with Gasteiger partial charge in [-0.15, -0.1) is 0 Å². The molecule has 0 aliphatic heterocycles. The van der Waals surface area contributed by atoms with Crippen molar-refractivity contribution in [1.82, 2.24) is 4.98 Å². The molecule has 1 rings (SSSR count). The second kappa shape index (κ2) is 4.96. The summed E-state index contributed by atoms with van der Waals surface area (Å²) in [5.41, 5.74) is 0.818. The molecule has 1 aromatic rings. The average molecular weight is 195 g/mol. The molecule has 1 N–H and O–H groups in total. The third kappa shape index (κ3) is 3.00. The number of nitrogens with zero attached hydrogens (tertiary/aromatic N) is 1. The molecule has 0 bridgehead atoms. The molecule has 0 aliphatic carbocycles. The van der Waals surface area contributed by atoms with Gasteiger partial charge >= 0.3 is 0 Å². The Morgan fingerprint density at radius 3 is 2.71 bits per heavy atom. The predicted molar refractivity (Wildman–Crippen MR) is 55.2 cm³/mol. The van der Waals surface area contributed by atoms with E-state index in [1.807, 2.05) is 6.07 Å². The number of aromatic nitrogens is 1. The lowest BCUT2D eigenvalue weighted by molar-refractivity contribution is 0.150. The number of hydrogen-bond acceptors (Lipinski definition) is 3. The van der Waals surface area contributed by atoms with Crippen molar-refractivity contribution in [2.75, 3.05) is 7.11 Å². The normalized spacial score (nSPS) is 12.9. The molecule has 1 unspecified atom stereocenters. The zero-order valence-corrected chi connectivity index (χ0v) is 8.90. The molecule has 0 saturated carbocycles. The minimum Gasteiger partial charge on any atom is -0.495 e. The van der Waals surface area contributed by atoms with E-state index in [1.165, 1.54) is 0 Å². The zero-order chi connectivity index (χ0) is 10.6. The van der Waals surface area contributed by atoms with Crippen LogP contribution in [-0.2, 0) is 0 Å². The number of hydrogen-bond donors (Lipinski definition) is 1. The van der Waals surface area contributed by atoms with Gasteiger partial charge in [0.1, 0.15) is 5.75 Å². The molecule has 14 heavy (non-hydrogen) atoms. The van der Waals surface area contributed by atoms with Gasteiger partial charge in [0.05, 0.1) is 19.4 Å². The van der Waals surface area contributed by atoms with Crippen molar-refractivity contribution in [1.29, 1.82) is 0 Å². The van der Waals surface area contributed by atoms with Crippen LogP contribution in [0.2, 0.25) is 0 Å². The van der Waals surface area contributed by atoms with Gasteiger partial charge in [-0.05, 0) is 18.4 Å². The fourth-order valence-electron chi connectivity index (χ4n) is 1.31. The van der Waals surface area contributed by atoms with Gasteiger partial charge in [-0.3, -0.25) is 4.98 Å². The first-order valence-electron chi connectivity index (χ1n) is 4.80. The van der Waals surface area contributed by atoms with Gasteiger partial charge in [-0.2, -0.15) is 0 Å². The van der Waals surface area contributed by atoms with E-state index in [0.717, 1.165) is 12.0 Å². The Morgan fingerprint density at radius 2 is 2.14 bits per heavy atom. The van der Waals surface area contributed by atoms with E-state index in [9.17, 15) is 5.11 Å². The van der Waals surface area contributed by atoms with Gasteiger partial charge in [0.2, 0.25) is 0 Å². The summed E-state index contributed by atoms with van der Waals surface area (Å²) < 4.78 is 5.04. The highest BCUT2D eigenvalue weighted by Crippen LogP contribution is 2.22. The molecule has 0 spiro atoms. The first kappa shape index (κ1) is 11.0. The summed E-state index contributed by atoms with van der Waals surface area (Å²) in [5, 5.41) is 9.82. The van der Waals surface area contributed by atoms with Crippen LogP contribution in [0.15, 0.2) is 18.5 Å². The molecule has 0 aromatic carbocycles. The molecule has 1 aromatic heterocycles. The van der Waals surface area contributed by atoms with E-state index in [-0.39, 0.29) is 0 Å². The molecule has 0 saturated heterocycles. The fraction of sp³-hybridized carbons (Fsp3) is 0.545. The number of aliphatic hydroxyl groups is 1. The topological polar surface area (TPSA) is 42.4 Å². The lowest BCUT2D eigenvalue weighted by Gasteiger charge is -2.13. The zero-order valence-electron chi connectivity index (χ0n) is 8.90. The highest BCUT2D eigenvalue weighted by atomic mass is 16.5. The second-order valence-corrected chi connectivity index (χ2v) is 3.80. The predicted octanol–water partition coefficient (Wildman–Crippen LogP) is 2.17. The molecule has 1 atom stereocenters. The molecular formula is C11H17NO2. The molecule has 78 valence electrons. The maximum atomic E-state index is 9.82. The van der Waals surface area contributed by atoms with Gasteiger partial charge in [0.15, 0.2) is 0 Å². The lowest BCUT2D eigenvalue weighted by Crippen LogP contribution is -2.02. The van der Waals surface area contributed by atoms with Gasteiger partial charge < -0.3 is 9.84 Å². The van der Waals surface area contributed by atoms with Crippen molar-refractivity contribution in [2.24, 2.45) is 5.92 Å². The first-order valence-corrected chi connectivity index (χ1v) is 4.80. The Kier molecular flexibility index (Phi) is 3.89. The largest absolute Gasteiger partial charge is 0.495 e.